The lowest BCUT2D eigenvalue weighted by Gasteiger charge is -2.30. The van der Waals surface area contributed by atoms with Crippen molar-refractivity contribution in [1.82, 2.24) is 0 Å². The molecule has 0 heterocycles. The number of halogens is 1. The van der Waals surface area contributed by atoms with E-state index in [-0.39, 0.29) is 11.3 Å². The van der Waals surface area contributed by atoms with Crippen molar-refractivity contribution in [3.63, 3.8) is 0 Å². The first-order chi connectivity index (χ1) is 8.28. The monoisotopic (exact) mass is 268 g/mol. The summed E-state index contributed by atoms with van der Waals surface area (Å²) in [5.74, 6) is 0.909. The molecule has 1 N–H and O–H groups in total. The van der Waals surface area contributed by atoms with Crippen LogP contribution in [0.15, 0.2) is 18.2 Å². The molecule has 3 heteroatoms. The fourth-order valence-electron chi connectivity index (χ4n) is 3.35. The van der Waals surface area contributed by atoms with E-state index >= 15 is 0 Å². The van der Waals surface area contributed by atoms with E-state index in [1.165, 1.54) is 0 Å². The van der Waals surface area contributed by atoms with Crippen molar-refractivity contribution >= 4 is 11.6 Å². The van der Waals surface area contributed by atoms with Crippen LogP contribution in [0, 0.1) is 11.3 Å². The van der Waals surface area contributed by atoms with E-state index in [0.717, 1.165) is 18.4 Å². The summed E-state index contributed by atoms with van der Waals surface area (Å²) in [5.41, 5.74) is 0.108. The lowest BCUT2D eigenvalue weighted by atomic mass is 9.83. The second-order valence-electron chi connectivity index (χ2n) is 6.22. The van der Waals surface area contributed by atoms with Gasteiger partial charge in [-0.3, -0.25) is 0 Å². The molecule has 0 saturated heterocycles. The van der Waals surface area contributed by atoms with E-state index < -0.39 is 5.60 Å². The molecule has 0 bridgehead atoms. The third-order valence-electron chi connectivity index (χ3n) is 4.05. The van der Waals surface area contributed by atoms with E-state index in [0.29, 0.717) is 10.8 Å². The highest BCUT2D eigenvalue weighted by Crippen LogP contribution is 2.54. The molecule has 0 aliphatic heterocycles. The van der Waals surface area contributed by atoms with Crippen LogP contribution in [-0.2, 0) is 5.60 Å². The van der Waals surface area contributed by atoms with Crippen LogP contribution in [0.2, 0.25) is 5.02 Å². The van der Waals surface area contributed by atoms with E-state index in [1.54, 1.807) is 13.2 Å². The van der Waals surface area contributed by atoms with Gasteiger partial charge in [0.15, 0.2) is 0 Å². The number of methoxy groups -OCH3 is 1. The highest BCUT2D eigenvalue weighted by molar-refractivity contribution is 6.30. The van der Waals surface area contributed by atoms with Crippen LogP contribution in [0.5, 0.6) is 5.75 Å². The summed E-state index contributed by atoms with van der Waals surface area (Å²) in [4.78, 5) is 0. The largest absolute Gasteiger partial charge is 0.496 e. The number of aliphatic hydroxyl groups is 1. The van der Waals surface area contributed by atoms with E-state index in [1.807, 2.05) is 12.1 Å². The summed E-state index contributed by atoms with van der Waals surface area (Å²) < 4.78 is 5.38. The smallest absolute Gasteiger partial charge is 0.125 e. The molecular weight excluding hydrogens is 248 g/mol. The molecule has 1 aliphatic carbocycles. The van der Waals surface area contributed by atoms with Gasteiger partial charge in [-0.1, -0.05) is 32.4 Å². The summed E-state index contributed by atoms with van der Waals surface area (Å²) >= 11 is 6.07. The maximum absolute atomic E-state index is 11.1. The number of hydrogen-bond donors (Lipinski definition) is 1. The second-order valence-corrected chi connectivity index (χ2v) is 6.65. The zero-order chi connectivity index (χ0) is 13.6. The molecule has 2 atom stereocenters. The van der Waals surface area contributed by atoms with Crippen molar-refractivity contribution in [1.29, 1.82) is 0 Å². The summed E-state index contributed by atoms with van der Waals surface area (Å²) in [6, 6.07) is 5.45. The Morgan fingerprint density at radius 3 is 2.56 bits per heavy atom. The van der Waals surface area contributed by atoms with Gasteiger partial charge in [-0.15, -0.1) is 0 Å². The predicted molar refractivity (Wildman–Crippen MR) is 74.1 cm³/mol. The van der Waals surface area contributed by atoms with Gasteiger partial charge in [0.05, 0.1) is 12.7 Å². The zero-order valence-corrected chi connectivity index (χ0v) is 12.2. The topological polar surface area (TPSA) is 29.5 Å². The van der Waals surface area contributed by atoms with Crippen molar-refractivity contribution < 1.29 is 9.84 Å². The summed E-state index contributed by atoms with van der Waals surface area (Å²) in [6.45, 7) is 6.48. The fraction of sp³-hybridized carbons (Fsp3) is 0.600. The van der Waals surface area contributed by atoms with Gasteiger partial charge in [0.25, 0.3) is 0 Å². The number of ether oxygens (including phenoxy) is 1. The number of hydrogen-bond acceptors (Lipinski definition) is 2. The Kier molecular flexibility index (Phi) is 3.37. The summed E-state index contributed by atoms with van der Waals surface area (Å²) in [7, 11) is 1.63. The molecule has 1 fully saturated rings. The molecule has 1 saturated carbocycles. The standard InChI is InChI=1S/C15H21ClO2/c1-10-8-14(2,3)9-15(10,17)12-7-11(16)5-6-13(12)18-4/h5-7,10,17H,8-9H2,1-4H3. The van der Waals surface area contributed by atoms with E-state index in [4.69, 9.17) is 16.3 Å². The quantitative estimate of drug-likeness (QED) is 0.879. The van der Waals surface area contributed by atoms with Crippen molar-refractivity contribution in [3.8, 4) is 5.75 Å². The second kappa shape index (κ2) is 4.43. The molecular formula is C15H21ClO2. The SMILES string of the molecule is COc1ccc(Cl)cc1C1(O)CC(C)(C)CC1C. The Labute approximate surface area is 114 Å². The van der Waals surface area contributed by atoms with Crippen molar-refractivity contribution in [2.75, 3.05) is 7.11 Å². The maximum atomic E-state index is 11.1. The average Bonchev–Trinajstić information content (AvgIpc) is 2.48. The lowest BCUT2D eigenvalue weighted by Crippen LogP contribution is -2.29. The summed E-state index contributed by atoms with van der Waals surface area (Å²) in [5, 5.41) is 11.7. The third kappa shape index (κ3) is 2.24. The molecule has 1 aromatic carbocycles. The van der Waals surface area contributed by atoms with Crippen LogP contribution in [0.1, 0.15) is 39.2 Å². The molecule has 0 radical (unpaired) electrons. The van der Waals surface area contributed by atoms with Gasteiger partial charge in [-0.25, -0.2) is 0 Å². The molecule has 0 spiro atoms. The van der Waals surface area contributed by atoms with E-state index in [9.17, 15) is 5.11 Å². The molecule has 0 amide bonds. The first kappa shape index (κ1) is 13.7. The Hall–Kier alpha value is -0.730. The molecule has 2 unspecified atom stereocenters. The molecule has 1 aromatic rings. The minimum Gasteiger partial charge on any atom is -0.496 e. The van der Waals surface area contributed by atoms with Crippen molar-refractivity contribution in [2.45, 2.75) is 39.2 Å². The number of benzene rings is 1. The Balaban J connectivity index is 2.50. The molecule has 0 aromatic heterocycles. The minimum absolute atomic E-state index is 0.140. The molecule has 18 heavy (non-hydrogen) atoms. The molecule has 100 valence electrons. The van der Waals surface area contributed by atoms with Crippen LogP contribution < -0.4 is 4.74 Å². The molecule has 2 nitrogen and oxygen atoms in total. The van der Waals surface area contributed by atoms with Gasteiger partial charge in [-0.05, 0) is 42.4 Å². The third-order valence-corrected chi connectivity index (χ3v) is 4.29. The van der Waals surface area contributed by atoms with Crippen LogP contribution in [-0.4, -0.2) is 12.2 Å². The van der Waals surface area contributed by atoms with Crippen molar-refractivity contribution in [2.24, 2.45) is 11.3 Å². The Morgan fingerprint density at radius 2 is 2.06 bits per heavy atom. The fourth-order valence-corrected chi connectivity index (χ4v) is 3.53. The van der Waals surface area contributed by atoms with Gasteiger partial charge in [-0.2, -0.15) is 0 Å². The maximum Gasteiger partial charge on any atom is 0.125 e. The molecule has 2 rings (SSSR count). The first-order valence-electron chi connectivity index (χ1n) is 6.35. The normalized spacial score (nSPS) is 30.4. The highest BCUT2D eigenvalue weighted by atomic mass is 35.5. The zero-order valence-electron chi connectivity index (χ0n) is 11.5. The van der Waals surface area contributed by atoms with Gasteiger partial charge in [0.1, 0.15) is 5.75 Å². The average molecular weight is 269 g/mol. The lowest BCUT2D eigenvalue weighted by molar-refractivity contribution is -0.00284. The van der Waals surface area contributed by atoms with E-state index in [2.05, 4.69) is 20.8 Å². The minimum atomic E-state index is -0.847. The Morgan fingerprint density at radius 1 is 1.39 bits per heavy atom. The highest BCUT2D eigenvalue weighted by Gasteiger charge is 2.49. The number of rotatable bonds is 2. The van der Waals surface area contributed by atoms with Gasteiger partial charge in [0, 0.05) is 10.6 Å². The van der Waals surface area contributed by atoms with Crippen LogP contribution in [0.25, 0.3) is 0 Å². The van der Waals surface area contributed by atoms with Gasteiger partial charge < -0.3 is 9.84 Å². The first-order valence-corrected chi connectivity index (χ1v) is 6.73. The van der Waals surface area contributed by atoms with Gasteiger partial charge >= 0.3 is 0 Å². The van der Waals surface area contributed by atoms with Gasteiger partial charge in [0.2, 0.25) is 0 Å². The van der Waals surface area contributed by atoms with Crippen LogP contribution >= 0.6 is 11.6 Å². The van der Waals surface area contributed by atoms with Crippen molar-refractivity contribution in [3.05, 3.63) is 28.8 Å². The Bertz CT molecular complexity index is 456. The predicted octanol–water partition coefficient (Wildman–Crippen LogP) is 3.99. The molecule has 1 aliphatic rings. The van der Waals surface area contributed by atoms with Crippen LogP contribution in [0.4, 0.5) is 0 Å². The van der Waals surface area contributed by atoms with Crippen LogP contribution in [0.3, 0.4) is 0 Å². The summed E-state index contributed by atoms with van der Waals surface area (Å²) in [6.07, 6.45) is 1.73.